The van der Waals surface area contributed by atoms with Gasteiger partial charge in [0.25, 0.3) is 0 Å². The molecule has 0 atom stereocenters. The zero-order valence-electron chi connectivity index (χ0n) is 12.2. The Bertz CT molecular complexity index is 573. The van der Waals surface area contributed by atoms with E-state index in [1.165, 1.54) is 0 Å². The molecule has 0 saturated carbocycles. The van der Waals surface area contributed by atoms with E-state index in [9.17, 15) is 4.79 Å². The Morgan fingerprint density at radius 3 is 2.65 bits per heavy atom. The van der Waals surface area contributed by atoms with Crippen molar-refractivity contribution in [2.75, 3.05) is 7.11 Å². The molecule has 1 aromatic heterocycles. The summed E-state index contributed by atoms with van der Waals surface area (Å²) in [6, 6.07) is 9.75. The van der Waals surface area contributed by atoms with Gasteiger partial charge in [-0.3, -0.25) is 4.79 Å². The lowest BCUT2D eigenvalue weighted by atomic mass is 9.99. The standard InChI is InChI=1S/C16H20N2O2/c1-16(2,20-3)10-9-15(19)13-11-17-18(12-13)14-7-5-4-6-8-14/h4-8,11-12H,9-10H2,1-3H3. The third-order valence-corrected chi connectivity index (χ3v) is 3.43. The van der Waals surface area contributed by atoms with E-state index in [0.29, 0.717) is 18.4 Å². The van der Waals surface area contributed by atoms with Gasteiger partial charge in [0, 0.05) is 19.7 Å². The molecule has 0 bridgehead atoms. The summed E-state index contributed by atoms with van der Waals surface area (Å²) >= 11 is 0. The van der Waals surface area contributed by atoms with E-state index in [4.69, 9.17) is 4.74 Å². The number of ether oxygens (including phenoxy) is 1. The minimum atomic E-state index is -0.273. The van der Waals surface area contributed by atoms with Crippen molar-refractivity contribution in [3.8, 4) is 5.69 Å². The maximum Gasteiger partial charge on any atom is 0.166 e. The molecule has 0 fully saturated rings. The van der Waals surface area contributed by atoms with Gasteiger partial charge in [-0.15, -0.1) is 0 Å². The van der Waals surface area contributed by atoms with Gasteiger partial charge in [0.1, 0.15) is 0 Å². The molecule has 0 aliphatic heterocycles. The van der Waals surface area contributed by atoms with Gasteiger partial charge in [0.2, 0.25) is 0 Å². The Morgan fingerprint density at radius 1 is 1.30 bits per heavy atom. The van der Waals surface area contributed by atoms with Crippen molar-refractivity contribution in [1.82, 2.24) is 9.78 Å². The van der Waals surface area contributed by atoms with Crippen LogP contribution in [0.3, 0.4) is 0 Å². The number of nitrogens with zero attached hydrogens (tertiary/aromatic N) is 2. The van der Waals surface area contributed by atoms with Crippen molar-refractivity contribution < 1.29 is 9.53 Å². The predicted octanol–water partition coefficient (Wildman–Crippen LogP) is 3.26. The molecular formula is C16H20N2O2. The third kappa shape index (κ3) is 3.54. The van der Waals surface area contributed by atoms with Crippen molar-refractivity contribution in [1.29, 1.82) is 0 Å². The van der Waals surface area contributed by atoms with E-state index in [-0.39, 0.29) is 11.4 Å². The summed E-state index contributed by atoms with van der Waals surface area (Å²) in [6.07, 6.45) is 4.55. The first kappa shape index (κ1) is 14.5. The zero-order chi connectivity index (χ0) is 14.6. The Hall–Kier alpha value is -1.94. The molecular weight excluding hydrogens is 252 g/mol. The molecule has 0 aliphatic rings. The van der Waals surface area contributed by atoms with E-state index >= 15 is 0 Å². The van der Waals surface area contributed by atoms with Gasteiger partial charge in [-0.05, 0) is 32.4 Å². The van der Waals surface area contributed by atoms with Crippen molar-refractivity contribution in [2.24, 2.45) is 0 Å². The fourth-order valence-corrected chi connectivity index (χ4v) is 1.85. The first-order valence-corrected chi connectivity index (χ1v) is 6.70. The highest BCUT2D eigenvalue weighted by Gasteiger charge is 2.19. The smallest absolute Gasteiger partial charge is 0.166 e. The molecule has 0 radical (unpaired) electrons. The molecule has 106 valence electrons. The van der Waals surface area contributed by atoms with Crippen LogP contribution in [0.5, 0.6) is 0 Å². The van der Waals surface area contributed by atoms with Gasteiger partial charge in [-0.1, -0.05) is 18.2 Å². The Morgan fingerprint density at radius 2 is 2.00 bits per heavy atom. The number of aromatic nitrogens is 2. The van der Waals surface area contributed by atoms with E-state index < -0.39 is 0 Å². The van der Waals surface area contributed by atoms with Crippen LogP contribution in [0, 0.1) is 0 Å². The maximum absolute atomic E-state index is 12.1. The second-order valence-corrected chi connectivity index (χ2v) is 5.40. The maximum atomic E-state index is 12.1. The highest BCUT2D eigenvalue weighted by Crippen LogP contribution is 2.18. The molecule has 0 saturated heterocycles. The van der Waals surface area contributed by atoms with E-state index in [2.05, 4.69) is 5.10 Å². The lowest BCUT2D eigenvalue weighted by Crippen LogP contribution is -2.23. The number of hydrogen-bond donors (Lipinski definition) is 0. The molecule has 0 spiro atoms. The molecule has 20 heavy (non-hydrogen) atoms. The summed E-state index contributed by atoms with van der Waals surface area (Å²) in [5.74, 6) is 0.0947. The van der Waals surface area contributed by atoms with Gasteiger partial charge >= 0.3 is 0 Å². The van der Waals surface area contributed by atoms with Gasteiger partial charge in [0.15, 0.2) is 5.78 Å². The summed E-state index contributed by atoms with van der Waals surface area (Å²) in [5, 5.41) is 4.24. The van der Waals surface area contributed by atoms with Crippen LogP contribution in [0.4, 0.5) is 0 Å². The fraction of sp³-hybridized carbons (Fsp3) is 0.375. The largest absolute Gasteiger partial charge is 0.379 e. The summed E-state index contributed by atoms with van der Waals surface area (Å²) in [6.45, 7) is 3.96. The number of Topliss-reactive ketones (excluding diaryl/α,β-unsaturated/α-hetero) is 1. The van der Waals surface area contributed by atoms with Gasteiger partial charge in [-0.25, -0.2) is 4.68 Å². The van der Waals surface area contributed by atoms with Crippen LogP contribution in [0.2, 0.25) is 0 Å². The van der Waals surface area contributed by atoms with Crippen molar-refractivity contribution in [2.45, 2.75) is 32.3 Å². The Labute approximate surface area is 119 Å². The van der Waals surface area contributed by atoms with Crippen molar-refractivity contribution in [3.63, 3.8) is 0 Å². The summed E-state index contributed by atoms with van der Waals surface area (Å²) in [4.78, 5) is 12.1. The number of carbonyl (C=O) groups is 1. The molecule has 4 nitrogen and oxygen atoms in total. The Kier molecular flexibility index (Phi) is 4.35. The van der Waals surface area contributed by atoms with Gasteiger partial charge in [-0.2, -0.15) is 5.10 Å². The number of methoxy groups -OCH3 is 1. The monoisotopic (exact) mass is 272 g/mol. The molecule has 4 heteroatoms. The van der Waals surface area contributed by atoms with Crippen LogP contribution in [0.1, 0.15) is 37.0 Å². The summed E-state index contributed by atoms with van der Waals surface area (Å²) < 4.78 is 7.04. The molecule has 0 amide bonds. The van der Waals surface area contributed by atoms with E-state index in [0.717, 1.165) is 5.69 Å². The SMILES string of the molecule is COC(C)(C)CCC(=O)c1cnn(-c2ccccc2)c1. The van der Waals surface area contributed by atoms with Crippen LogP contribution in [0.15, 0.2) is 42.7 Å². The van der Waals surface area contributed by atoms with Crippen LogP contribution in [-0.4, -0.2) is 28.3 Å². The molecule has 0 unspecified atom stereocenters. The summed E-state index contributed by atoms with van der Waals surface area (Å²) in [5.41, 5.74) is 1.31. The molecule has 2 aromatic rings. The minimum absolute atomic E-state index is 0.0947. The molecule has 2 rings (SSSR count). The summed E-state index contributed by atoms with van der Waals surface area (Å²) in [7, 11) is 1.66. The lowest BCUT2D eigenvalue weighted by Gasteiger charge is -2.21. The number of benzene rings is 1. The van der Waals surface area contributed by atoms with Crippen molar-refractivity contribution >= 4 is 5.78 Å². The number of rotatable bonds is 6. The second kappa shape index (κ2) is 6.01. The first-order valence-electron chi connectivity index (χ1n) is 6.70. The second-order valence-electron chi connectivity index (χ2n) is 5.40. The van der Waals surface area contributed by atoms with Gasteiger partial charge < -0.3 is 4.74 Å². The quantitative estimate of drug-likeness (QED) is 0.758. The number of ketones is 1. The lowest BCUT2D eigenvalue weighted by molar-refractivity contribution is 0.0141. The van der Waals surface area contributed by atoms with Crippen molar-refractivity contribution in [3.05, 3.63) is 48.3 Å². The molecule has 1 heterocycles. The number of hydrogen-bond acceptors (Lipinski definition) is 3. The highest BCUT2D eigenvalue weighted by atomic mass is 16.5. The molecule has 0 aliphatic carbocycles. The number of carbonyl (C=O) groups excluding carboxylic acids is 1. The minimum Gasteiger partial charge on any atom is -0.379 e. The van der Waals surface area contributed by atoms with Crippen LogP contribution in [-0.2, 0) is 4.74 Å². The Balaban J connectivity index is 2.04. The average Bonchev–Trinajstić information content (AvgIpc) is 2.96. The topological polar surface area (TPSA) is 44.1 Å². The average molecular weight is 272 g/mol. The van der Waals surface area contributed by atoms with Crippen LogP contribution in [0.25, 0.3) is 5.69 Å². The zero-order valence-corrected chi connectivity index (χ0v) is 12.2. The fourth-order valence-electron chi connectivity index (χ4n) is 1.85. The van der Waals surface area contributed by atoms with Crippen LogP contribution < -0.4 is 0 Å². The normalized spacial score (nSPS) is 11.6. The highest BCUT2D eigenvalue weighted by molar-refractivity contribution is 5.95. The first-order chi connectivity index (χ1) is 9.52. The van der Waals surface area contributed by atoms with E-state index in [1.54, 1.807) is 24.2 Å². The molecule has 1 aromatic carbocycles. The predicted molar refractivity (Wildman–Crippen MR) is 78.2 cm³/mol. The van der Waals surface area contributed by atoms with Gasteiger partial charge in [0.05, 0.1) is 23.0 Å². The van der Waals surface area contributed by atoms with E-state index in [1.807, 2.05) is 44.2 Å². The third-order valence-electron chi connectivity index (χ3n) is 3.43. The van der Waals surface area contributed by atoms with Crippen LogP contribution >= 0.6 is 0 Å². The molecule has 0 N–H and O–H groups in total. The number of para-hydroxylation sites is 1.